The molecule has 0 aromatic rings. The van der Waals surface area contributed by atoms with Gasteiger partial charge in [0, 0.05) is 62.4 Å². The minimum atomic E-state index is -3.26. The van der Waals surface area contributed by atoms with Crippen LogP contribution in [0.15, 0.2) is 12.3 Å². The van der Waals surface area contributed by atoms with Crippen molar-refractivity contribution in [2.75, 3.05) is 98.9 Å². The number of hydrogen-bond donors (Lipinski definition) is 5. The van der Waals surface area contributed by atoms with Gasteiger partial charge in [-0.3, -0.25) is 19.2 Å². The largest absolute Gasteiger partial charge is 0.448 e. The van der Waals surface area contributed by atoms with Gasteiger partial charge in [-0.2, -0.15) is 0 Å². The maximum absolute atomic E-state index is 13.6. The van der Waals surface area contributed by atoms with Gasteiger partial charge in [0.25, 0.3) is 0 Å². The van der Waals surface area contributed by atoms with Crippen molar-refractivity contribution in [3.8, 4) is 37.0 Å². The number of amides is 4. The van der Waals surface area contributed by atoms with Crippen LogP contribution in [0, 0.1) is 37.0 Å². The highest BCUT2D eigenvalue weighted by Gasteiger charge is 2.35. The Morgan fingerprint density at radius 1 is 0.586 bits per heavy atom. The predicted octanol–water partition coefficient (Wildman–Crippen LogP) is 1.94. The monoisotopic (exact) mass is 856 g/mol. The van der Waals surface area contributed by atoms with Crippen molar-refractivity contribution >= 4 is 41.9 Å². The second kappa shape index (κ2) is 33.3. The Morgan fingerprint density at radius 2 is 0.931 bits per heavy atom. The molecule has 0 aromatic carbocycles. The normalized spacial score (nSPS) is 12.2. The number of terminal acetylenes is 3. The van der Waals surface area contributed by atoms with E-state index in [1.165, 1.54) is 0 Å². The first kappa shape index (κ1) is 54.5. The first-order valence-electron chi connectivity index (χ1n) is 19.2. The molecule has 0 aromatic heterocycles. The summed E-state index contributed by atoms with van der Waals surface area (Å²) >= 11 is 5.31. The van der Waals surface area contributed by atoms with Crippen molar-refractivity contribution in [1.82, 2.24) is 21.3 Å². The molecule has 4 amide bonds. The van der Waals surface area contributed by atoms with E-state index in [9.17, 15) is 24.1 Å². The molecule has 0 spiro atoms. The molecule has 0 saturated carbocycles. The number of carbonyl (C=O) groups is 4. The highest BCUT2D eigenvalue weighted by Crippen LogP contribution is 2.56. The Hall–Kier alpha value is -3.53. The molecule has 0 aliphatic rings. The van der Waals surface area contributed by atoms with E-state index in [0.29, 0.717) is 39.6 Å². The van der Waals surface area contributed by atoms with Crippen molar-refractivity contribution in [2.45, 2.75) is 82.8 Å². The van der Waals surface area contributed by atoms with Gasteiger partial charge >= 0.3 is 0 Å². The molecule has 0 heterocycles. The third kappa shape index (κ3) is 29.6. The van der Waals surface area contributed by atoms with E-state index < -0.39 is 23.1 Å². The molecule has 18 heteroatoms. The summed E-state index contributed by atoms with van der Waals surface area (Å²) in [5.41, 5.74) is -1.16. The van der Waals surface area contributed by atoms with Gasteiger partial charge in [0.15, 0.2) is 0 Å². The second-order valence-corrected chi connectivity index (χ2v) is 17.9. The maximum atomic E-state index is 13.6. The van der Waals surface area contributed by atoms with Crippen LogP contribution >= 0.6 is 6.49 Å². The number of allylic oxidation sites excluding steroid dienone is 1. The molecule has 5 N–H and O–H groups in total. The summed E-state index contributed by atoms with van der Waals surface area (Å²) in [6, 6.07) is 0. The zero-order valence-corrected chi connectivity index (χ0v) is 36.2. The highest BCUT2D eigenvalue weighted by atomic mass is 32.5. The van der Waals surface area contributed by atoms with Gasteiger partial charge in [0.2, 0.25) is 30.1 Å². The number of nitrogens with one attached hydrogen (secondary N) is 4. The molecule has 0 saturated heterocycles. The fourth-order valence-corrected chi connectivity index (χ4v) is 5.73. The quantitative estimate of drug-likeness (QED) is 0.0265. The van der Waals surface area contributed by atoms with Crippen LogP contribution in [-0.2, 0) is 63.9 Å². The van der Waals surface area contributed by atoms with E-state index in [1.807, 2.05) is 0 Å². The fraction of sp³-hybridized carbons (Fsp3) is 0.700. The van der Waals surface area contributed by atoms with E-state index in [-0.39, 0.29) is 134 Å². The van der Waals surface area contributed by atoms with Gasteiger partial charge in [-0.1, -0.05) is 45.1 Å². The first-order valence-corrected chi connectivity index (χ1v) is 21.9. The van der Waals surface area contributed by atoms with Crippen LogP contribution in [0.3, 0.4) is 0 Å². The number of rotatable bonds is 36. The molecule has 1 unspecified atom stereocenters. The van der Waals surface area contributed by atoms with Crippen LogP contribution in [-0.4, -0.2) is 138 Å². The maximum Gasteiger partial charge on any atom is 0.240 e. The van der Waals surface area contributed by atoms with E-state index in [2.05, 4.69) is 45.6 Å². The summed E-state index contributed by atoms with van der Waals surface area (Å²) in [5.74, 6) is 5.86. The van der Waals surface area contributed by atoms with Crippen LogP contribution in [0.25, 0.3) is 0 Å². The Morgan fingerprint density at radius 3 is 1.26 bits per heavy atom. The van der Waals surface area contributed by atoms with E-state index in [1.54, 1.807) is 20.8 Å². The molecule has 0 aliphatic carbocycles. The van der Waals surface area contributed by atoms with E-state index in [0.717, 1.165) is 0 Å². The van der Waals surface area contributed by atoms with Crippen molar-refractivity contribution in [3.05, 3.63) is 12.3 Å². The Kier molecular flexibility index (Phi) is 31.3. The van der Waals surface area contributed by atoms with Gasteiger partial charge in [-0.15, -0.1) is 19.3 Å². The molecule has 0 bridgehead atoms. The molecule has 0 rings (SSSR count). The van der Waals surface area contributed by atoms with Crippen LogP contribution in [0.4, 0.5) is 0 Å². The standard InChI is InChI=1S/C40H65N4O12PS/c1-8-22-50-28-31-53-25-19-41-35(45)13-16-40(17-14-36(46)42-20-26-54-32-29-51-23-9-2,18-15-37(47)43-21-27-55-33-30-52-24-10-3)44-38(48)12-11-34(4)56-57(49,58)39(5,6)7/h1-3H,4,11-33H2,5-7H3,(H,41,45)(H,42,46)(H,43,47)(H,44,48)(H,49,58). The van der Waals surface area contributed by atoms with Gasteiger partial charge in [-0.05, 0) is 31.1 Å². The molecular weight excluding hydrogens is 791 g/mol. The zero-order valence-electron chi connectivity index (χ0n) is 34.5. The average Bonchev–Trinajstić information content (AvgIpc) is 3.17. The topological polar surface area (TPSA) is 201 Å². The Balaban J connectivity index is 5.80. The molecule has 16 nitrogen and oxygen atoms in total. The van der Waals surface area contributed by atoms with Crippen molar-refractivity contribution in [1.29, 1.82) is 0 Å². The molecule has 0 aliphatic heterocycles. The highest BCUT2D eigenvalue weighted by molar-refractivity contribution is 8.10. The van der Waals surface area contributed by atoms with Gasteiger partial charge < -0.3 is 59.1 Å². The fourth-order valence-electron chi connectivity index (χ4n) is 4.70. The first-order chi connectivity index (χ1) is 27.6. The molecule has 58 heavy (non-hydrogen) atoms. The van der Waals surface area contributed by atoms with E-state index >= 15 is 0 Å². The van der Waals surface area contributed by atoms with Gasteiger partial charge in [0.05, 0.1) is 65.2 Å². The third-order valence-electron chi connectivity index (χ3n) is 8.01. The van der Waals surface area contributed by atoms with Crippen molar-refractivity contribution < 1.29 is 57.0 Å². The average molecular weight is 857 g/mol. The Labute approximate surface area is 350 Å². The number of carbonyl (C=O) groups excluding carboxylic acids is 4. The van der Waals surface area contributed by atoms with Crippen LogP contribution < -0.4 is 21.3 Å². The lowest BCUT2D eigenvalue weighted by atomic mass is 9.83. The van der Waals surface area contributed by atoms with Crippen LogP contribution in [0.1, 0.15) is 72.1 Å². The second-order valence-electron chi connectivity index (χ2n) is 13.8. The van der Waals surface area contributed by atoms with Crippen molar-refractivity contribution in [3.63, 3.8) is 0 Å². The lowest BCUT2D eigenvalue weighted by molar-refractivity contribution is -0.127. The molecule has 328 valence electrons. The molecular formula is C40H65N4O12PS. The predicted molar refractivity (Wildman–Crippen MR) is 225 cm³/mol. The Bertz CT molecular complexity index is 1290. The summed E-state index contributed by atoms with van der Waals surface area (Å²) in [5, 5.41) is 10.7. The summed E-state index contributed by atoms with van der Waals surface area (Å²) in [4.78, 5) is 63.3. The van der Waals surface area contributed by atoms with E-state index in [4.69, 9.17) is 64.0 Å². The minimum Gasteiger partial charge on any atom is -0.448 e. The zero-order chi connectivity index (χ0) is 43.5. The molecule has 0 radical (unpaired) electrons. The van der Waals surface area contributed by atoms with Crippen LogP contribution in [0.2, 0.25) is 0 Å². The summed E-state index contributed by atoms with van der Waals surface area (Å²) in [6.07, 6.45) is 15.6. The lowest BCUT2D eigenvalue weighted by Crippen LogP contribution is -2.50. The van der Waals surface area contributed by atoms with Gasteiger partial charge in [-0.25, -0.2) is 0 Å². The number of ether oxygens (including phenoxy) is 6. The summed E-state index contributed by atoms with van der Waals surface area (Å²) < 4.78 is 37.5. The minimum absolute atomic E-state index is 0.0329. The van der Waals surface area contributed by atoms with Gasteiger partial charge in [0.1, 0.15) is 19.8 Å². The smallest absolute Gasteiger partial charge is 0.240 e. The lowest BCUT2D eigenvalue weighted by Gasteiger charge is -2.35. The summed E-state index contributed by atoms with van der Waals surface area (Å²) in [6.45, 7) is 9.63. The number of hydrogen-bond acceptors (Lipinski definition) is 12. The van der Waals surface area contributed by atoms with Crippen LogP contribution in [0.5, 0.6) is 0 Å². The molecule has 0 fully saturated rings. The third-order valence-corrected chi connectivity index (χ3v) is 12.1. The SMILES string of the molecule is C#CCOCCOCCNC(=O)CCC(CCC(=O)NCCOCCOCC#C)(CCC(=O)NCCOCCOCC#C)NC(=O)CCC(=C)OP(O)(=S)C(C)(C)C. The summed E-state index contributed by atoms with van der Waals surface area (Å²) in [7, 11) is 0. The van der Waals surface area contributed by atoms with Crippen molar-refractivity contribution in [2.24, 2.45) is 0 Å². The molecule has 1 atom stereocenters.